The second-order valence-corrected chi connectivity index (χ2v) is 7.86. The fourth-order valence-corrected chi connectivity index (χ4v) is 3.07. The highest BCUT2D eigenvalue weighted by Crippen LogP contribution is 2.23. The molecule has 0 saturated heterocycles. The molecule has 1 aromatic carbocycles. The molecule has 130 valence electrons. The molecule has 1 aromatic heterocycles. The van der Waals surface area contributed by atoms with E-state index in [-0.39, 0.29) is 0 Å². The zero-order valence-electron chi connectivity index (χ0n) is 14.2. The lowest BCUT2D eigenvalue weighted by Crippen LogP contribution is -2.24. The SMILES string of the molecule is CCc1c(Cl)nc(C)nc1NCc1ccc(N(C)S(C)(=O)=O)cc1. The molecule has 0 amide bonds. The summed E-state index contributed by atoms with van der Waals surface area (Å²) in [4.78, 5) is 8.57. The monoisotopic (exact) mass is 368 g/mol. The molecule has 6 nitrogen and oxygen atoms in total. The first-order valence-electron chi connectivity index (χ1n) is 7.52. The Balaban J connectivity index is 2.14. The molecule has 0 radical (unpaired) electrons. The van der Waals surface area contributed by atoms with Gasteiger partial charge in [-0.25, -0.2) is 18.4 Å². The maximum atomic E-state index is 11.5. The standard InChI is InChI=1S/C16H21ClN4O2S/c1-5-14-15(17)19-11(2)20-16(14)18-10-12-6-8-13(9-7-12)21(3)24(4,22)23/h6-9H,5,10H2,1-4H3,(H,18,19,20). The normalized spacial score (nSPS) is 11.4. The number of nitrogens with one attached hydrogen (secondary N) is 1. The minimum Gasteiger partial charge on any atom is -0.366 e. The number of nitrogens with zero attached hydrogens (tertiary/aromatic N) is 3. The van der Waals surface area contributed by atoms with Crippen LogP contribution in [0.4, 0.5) is 11.5 Å². The Kier molecular flexibility index (Phi) is 5.66. The van der Waals surface area contributed by atoms with E-state index in [2.05, 4.69) is 15.3 Å². The van der Waals surface area contributed by atoms with Gasteiger partial charge in [-0.2, -0.15) is 0 Å². The van der Waals surface area contributed by atoms with Crippen LogP contribution in [-0.4, -0.2) is 31.7 Å². The van der Waals surface area contributed by atoms with Crippen LogP contribution < -0.4 is 9.62 Å². The van der Waals surface area contributed by atoms with Crippen LogP contribution in [0.1, 0.15) is 23.9 Å². The van der Waals surface area contributed by atoms with Crippen molar-refractivity contribution in [1.29, 1.82) is 0 Å². The van der Waals surface area contributed by atoms with Crippen molar-refractivity contribution in [2.75, 3.05) is 22.9 Å². The summed E-state index contributed by atoms with van der Waals surface area (Å²) >= 11 is 6.16. The third-order valence-corrected chi connectivity index (χ3v) is 5.20. The van der Waals surface area contributed by atoms with Gasteiger partial charge in [-0.05, 0) is 31.0 Å². The largest absolute Gasteiger partial charge is 0.366 e. The number of halogens is 1. The van der Waals surface area contributed by atoms with Gasteiger partial charge in [-0.15, -0.1) is 0 Å². The van der Waals surface area contributed by atoms with Crippen molar-refractivity contribution in [3.8, 4) is 0 Å². The third kappa shape index (κ3) is 4.36. The van der Waals surface area contributed by atoms with Crippen LogP contribution >= 0.6 is 11.6 Å². The van der Waals surface area contributed by atoms with Gasteiger partial charge in [0.15, 0.2) is 0 Å². The van der Waals surface area contributed by atoms with E-state index in [1.54, 1.807) is 19.1 Å². The van der Waals surface area contributed by atoms with Crippen LogP contribution in [0.15, 0.2) is 24.3 Å². The van der Waals surface area contributed by atoms with Crippen molar-refractivity contribution in [1.82, 2.24) is 9.97 Å². The average Bonchev–Trinajstić information content (AvgIpc) is 2.51. The summed E-state index contributed by atoms with van der Waals surface area (Å²) in [5.74, 6) is 1.34. The summed E-state index contributed by atoms with van der Waals surface area (Å²) in [6.07, 6.45) is 1.91. The van der Waals surface area contributed by atoms with E-state index in [4.69, 9.17) is 11.6 Å². The fraction of sp³-hybridized carbons (Fsp3) is 0.375. The molecule has 0 aliphatic rings. The van der Waals surface area contributed by atoms with Gasteiger partial charge in [0.05, 0.1) is 11.9 Å². The van der Waals surface area contributed by atoms with Gasteiger partial charge < -0.3 is 5.32 Å². The van der Waals surface area contributed by atoms with Crippen molar-refractivity contribution in [2.45, 2.75) is 26.8 Å². The molecule has 0 atom stereocenters. The summed E-state index contributed by atoms with van der Waals surface area (Å²) in [5, 5.41) is 3.74. The van der Waals surface area contributed by atoms with E-state index < -0.39 is 10.0 Å². The Hall–Kier alpha value is -1.86. The molecule has 0 bridgehead atoms. The highest BCUT2D eigenvalue weighted by atomic mass is 35.5. The second kappa shape index (κ2) is 7.36. The molecule has 0 fully saturated rings. The van der Waals surface area contributed by atoms with Gasteiger partial charge in [0, 0.05) is 19.2 Å². The first kappa shape index (κ1) is 18.5. The first-order chi connectivity index (χ1) is 11.2. The Bertz CT molecular complexity index is 823. The predicted octanol–water partition coefficient (Wildman–Crippen LogP) is 3.01. The number of rotatable bonds is 6. The van der Waals surface area contributed by atoms with E-state index in [0.717, 1.165) is 23.4 Å². The van der Waals surface area contributed by atoms with Crippen molar-refractivity contribution in [3.63, 3.8) is 0 Å². The molecule has 0 aliphatic heterocycles. The zero-order chi connectivity index (χ0) is 17.9. The quantitative estimate of drug-likeness (QED) is 0.793. The molecule has 24 heavy (non-hydrogen) atoms. The number of sulfonamides is 1. The lowest BCUT2D eigenvalue weighted by molar-refractivity contribution is 0.600. The Labute approximate surface area is 147 Å². The number of hydrogen-bond donors (Lipinski definition) is 1. The van der Waals surface area contributed by atoms with Gasteiger partial charge in [-0.3, -0.25) is 4.31 Å². The van der Waals surface area contributed by atoms with Crippen LogP contribution in [0.25, 0.3) is 0 Å². The molecule has 0 aliphatic carbocycles. The maximum Gasteiger partial charge on any atom is 0.231 e. The summed E-state index contributed by atoms with van der Waals surface area (Å²) in [6, 6.07) is 7.31. The molecule has 1 N–H and O–H groups in total. The Morgan fingerprint density at radius 2 is 1.83 bits per heavy atom. The van der Waals surface area contributed by atoms with Crippen molar-refractivity contribution in [2.24, 2.45) is 0 Å². The molecule has 2 rings (SSSR count). The van der Waals surface area contributed by atoms with Crippen LogP contribution in [0.2, 0.25) is 5.15 Å². The van der Waals surface area contributed by atoms with Crippen LogP contribution in [0.3, 0.4) is 0 Å². The average molecular weight is 369 g/mol. The number of aromatic nitrogens is 2. The highest BCUT2D eigenvalue weighted by Gasteiger charge is 2.12. The summed E-state index contributed by atoms with van der Waals surface area (Å²) in [7, 11) is -1.73. The fourth-order valence-electron chi connectivity index (χ4n) is 2.22. The van der Waals surface area contributed by atoms with Crippen molar-refractivity contribution < 1.29 is 8.42 Å². The van der Waals surface area contributed by atoms with Crippen molar-refractivity contribution >= 4 is 33.1 Å². The van der Waals surface area contributed by atoms with Gasteiger partial charge in [0.25, 0.3) is 0 Å². The van der Waals surface area contributed by atoms with E-state index in [1.807, 2.05) is 19.1 Å². The first-order valence-corrected chi connectivity index (χ1v) is 9.74. The van der Waals surface area contributed by atoms with Crippen molar-refractivity contribution in [3.05, 3.63) is 46.4 Å². The number of anilines is 2. The summed E-state index contributed by atoms with van der Waals surface area (Å²) < 4.78 is 24.3. The lowest BCUT2D eigenvalue weighted by atomic mass is 10.2. The minimum atomic E-state index is -3.26. The third-order valence-electron chi connectivity index (χ3n) is 3.68. The Morgan fingerprint density at radius 3 is 2.38 bits per heavy atom. The van der Waals surface area contributed by atoms with E-state index in [1.165, 1.54) is 17.6 Å². The molecule has 8 heteroatoms. The van der Waals surface area contributed by atoms with E-state index in [9.17, 15) is 8.42 Å². The molecular formula is C16H21ClN4O2S. The summed E-state index contributed by atoms with van der Waals surface area (Å²) in [5.41, 5.74) is 2.52. The molecule has 0 unspecified atom stereocenters. The molecule has 1 heterocycles. The lowest BCUT2D eigenvalue weighted by Gasteiger charge is -2.17. The van der Waals surface area contributed by atoms with Gasteiger partial charge in [0.2, 0.25) is 10.0 Å². The van der Waals surface area contributed by atoms with Gasteiger partial charge in [-0.1, -0.05) is 30.7 Å². The smallest absolute Gasteiger partial charge is 0.231 e. The van der Waals surface area contributed by atoms with E-state index in [0.29, 0.717) is 23.2 Å². The summed E-state index contributed by atoms with van der Waals surface area (Å²) in [6.45, 7) is 4.36. The molecule has 2 aromatic rings. The number of hydrogen-bond acceptors (Lipinski definition) is 5. The maximum absolute atomic E-state index is 11.5. The van der Waals surface area contributed by atoms with Crippen LogP contribution in [-0.2, 0) is 23.0 Å². The minimum absolute atomic E-state index is 0.470. The Morgan fingerprint density at radius 1 is 1.21 bits per heavy atom. The second-order valence-electron chi connectivity index (χ2n) is 5.49. The predicted molar refractivity (Wildman–Crippen MR) is 98.2 cm³/mol. The van der Waals surface area contributed by atoms with E-state index >= 15 is 0 Å². The molecular weight excluding hydrogens is 348 g/mol. The zero-order valence-corrected chi connectivity index (χ0v) is 15.7. The molecule has 0 spiro atoms. The van der Waals surface area contributed by atoms with Crippen LogP contribution in [0, 0.1) is 6.92 Å². The number of aryl methyl sites for hydroxylation is 1. The topological polar surface area (TPSA) is 75.2 Å². The molecule has 0 saturated carbocycles. The van der Waals surface area contributed by atoms with Gasteiger partial charge >= 0.3 is 0 Å². The van der Waals surface area contributed by atoms with Gasteiger partial charge in [0.1, 0.15) is 16.8 Å². The number of benzene rings is 1. The highest BCUT2D eigenvalue weighted by molar-refractivity contribution is 7.92. The van der Waals surface area contributed by atoms with Crippen LogP contribution in [0.5, 0.6) is 0 Å².